The summed E-state index contributed by atoms with van der Waals surface area (Å²) in [4.78, 5) is 28.0. The maximum Gasteiger partial charge on any atom is 0.410 e. The van der Waals surface area contributed by atoms with Crippen LogP contribution in [0.25, 0.3) is 5.69 Å². The number of likely N-dealkylation sites (tertiary alicyclic amines) is 1. The first-order valence-corrected chi connectivity index (χ1v) is 8.78. The van der Waals surface area contributed by atoms with Crippen molar-refractivity contribution in [2.75, 3.05) is 20.7 Å². The Hall–Kier alpha value is -2.83. The van der Waals surface area contributed by atoms with E-state index < -0.39 is 12.1 Å². The summed E-state index contributed by atoms with van der Waals surface area (Å²) in [6, 6.07) is 9.35. The van der Waals surface area contributed by atoms with Gasteiger partial charge < -0.3 is 9.64 Å². The number of ether oxygens (including phenoxy) is 1. The molecular weight excluding hydrogens is 332 g/mol. The minimum atomic E-state index is -0.440. The van der Waals surface area contributed by atoms with E-state index in [0.29, 0.717) is 19.5 Å². The quantitative estimate of drug-likeness (QED) is 0.844. The van der Waals surface area contributed by atoms with Gasteiger partial charge in [0, 0.05) is 32.5 Å². The van der Waals surface area contributed by atoms with Crippen LogP contribution in [-0.2, 0) is 16.1 Å². The number of hydrogen-bond acceptors (Lipinski definition) is 4. The van der Waals surface area contributed by atoms with Crippen LogP contribution in [0.4, 0.5) is 4.79 Å². The standard InChI is InChI=1S/C19H24N4O3/c1-21(18(24)17-6-3-4-12-22(17)19(25)26-2)14-15-7-9-16(10-8-15)23-13-5-11-20-23/h5,7-11,13,17H,3-4,6,12,14H2,1-2H3/t17-/m1/s1. The van der Waals surface area contributed by atoms with Gasteiger partial charge in [0.25, 0.3) is 0 Å². The smallest absolute Gasteiger partial charge is 0.410 e. The maximum atomic E-state index is 12.8. The van der Waals surface area contributed by atoms with Crippen molar-refractivity contribution in [2.24, 2.45) is 0 Å². The lowest BCUT2D eigenvalue weighted by Crippen LogP contribution is -2.52. The number of benzene rings is 1. The van der Waals surface area contributed by atoms with Crippen molar-refractivity contribution in [1.29, 1.82) is 0 Å². The van der Waals surface area contributed by atoms with Crippen molar-refractivity contribution in [3.63, 3.8) is 0 Å². The summed E-state index contributed by atoms with van der Waals surface area (Å²) in [5.74, 6) is -0.0498. The molecule has 138 valence electrons. The highest BCUT2D eigenvalue weighted by atomic mass is 16.5. The van der Waals surface area contributed by atoms with Crippen LogP contribution in [-0.4, -0.2) is 58.3 Å². The van der Waals surface area contributed by atoms with Gasteiger partial charge in [-0.25, -0.2) is 9.48 Å². The lowest BCUT2D eigenvalue weighted by Gasteiger charge is -2.35. The first-order chi connectivity index (χ1) is 12.6. The molecule has 2 aromatic rings. The summed E-state index contributed by atoms with van der Waals surface area (Å²) in [6.07, 6.45) is 5.71. The molecule has 7 heteroatoms. The molecule has 1 fully saturated rings. The van der Waals surface area contributed by atoms with Crippen LogP contribution in [0.2, 0.25) is 0 Å². The molecule has 1 saturated heterocycles. The second-order valence-corrected chi connectivity index (χ2v) is 6.49. The molecule has 0 saturated carbocycles. The first kappa shape index (κ1) is 18.0. The minimum Gasteiger partial charge on any atom is -0.453 e. The number of rotatable bonds is 4. The van der Waals surface area contributed by atoms with E-state index in [2.05, 4.69) is 5.10 Å². The number of piperidine rings is 1. The van der Waals surface area contributed by atoms with Crippen LogP contribution in [0.15, 0.2) is 42.7 Å². The van der Waals surface area contributed by atoms with E-state index in [1.165, 1.54) is 7.11 Å². The Bertz CT molecular complexity index is 743. The highest BCUT2D eigenvalue weighted by Crippen LogP contribution is 2.20. The minimum absolute atomic E-state index is 0.0498. The summed E-state index contributed by atoms with van der Waals surface area (Å²) in [5.41, 5.74) is 1.99. The van der Waals surface area contributed by atoms with Gasteiger partial charge >= 0.3 is 6.09 Å². The predicted octanol–water partition coefficient (Wildman–Crippen LogP) is 2.45. The van der Waals surface area contributed by atoms with E-state index >= 15 is 0 Å². The highest BCUT2D eigenvalue weighted by Gasteiger charge is 2.34. The molecule has 26 heavy (non-hydrogen) atoms. The number of aromatic nitrogens is 2. The van der Waals surface area contributed by atoms with E-state index in [0.717, 1.165) is 24.1 Å². The molecule has 0 radical (unpaired) electrons. The van der Waals surface area contributed by atoms with Gasteiger partial charge in [-0.3, -0.25) is 9.69 Å². The molecule has 2 heterocycles. The van der Waals surface area contributed by atoms with Crippen molar-refractivity contribution in [2.45, 2.75) is 31.8 Å². The number of carbonyl (C=O) groups is 2. The molecule has 0 N–H and O–H groups in total. The number of nitrogens with zero attached hydrogens (tertiary/aromatic N) is 4. The molecule has 7 nitrogen and oxygen atoms in total. The van der Waals surface area contributed by atoms with E-state index in [4.69, 9.17) is 4.74 Å². The van der Waals surface area contributed by atoms with Crippen LogP contribution in [0.3, 0.4) is 0 Å². The average molecular weight is 356 g/mol. The first-order valence-electron chi connectivity index (χ1n) is 8.78. The zero-order valence-electron chi connectivity index (χ0n) is 15.2. The van der Waals surface area contributed by atoms with Crippen LogP contribution in [0, 0.1) is 0 Å². The Kier molecular flexibility index (Phi) is 5.55. The van der Waals surface area contributed by atoms with Crippen LogP contribution < -0.4 is 0 Å². The van der Waals surface area contributed by atoms with E-state index in [-0.39, 0.29) is 5.91 Å². The van der Waals surface area contributed by atoms with Gasteiger partial charge in [0.2, 0.25) is 5.91 Å². The fourth-order valence-corrected chi connectivity index (χ4v) is 3.31. The lowest BCUT2D eigenvalue weighted by molar-refractivity contribution is -0.136. The van der Waals surface area contributed by atoms with Crippen LogP contribution in [0.5, 0.6) is 0 Å². The molecule has 1 aliphatic heterocycles. The van der Waals surface area contributed by atoms with E-state index in [1.54, 1.807) is 27.7 Å². The van der Waals surface area contributed by atoms with Crippen LogP contribution in [0.1, 0.15) is 24.8 Å². The Morgan fingerprint density at radius 2 is 2.04 bits per heavy atom. The molecule has 0 unspecified atom stereocenters. The number of amides is 2. The molecule has 2 amide bonds. The zero-order valence-corrected chi connectivity index (χ0v) is 15.2. The number of hydrogen-bond donors (Lipinski definition) is 0. The van der Waals surface area contributed by atoms with E-state index in [1.807, 2.05) is 36.5 Å². The second kappa shape index (κ2) is 8.03. The fraction of sp³-hybridized carbons (Fsp3) is 0.421. The van der Waals surface area contributed by atoms with E-state index in [9.17, 15) is 9.59 Å². The molecule has 1 aromatic carbocycles. The van der Waals surface area contributed by atoms with Gasteiger partial charge in [0.1, 0.15) is 6.04 Å². The molecule has 0 spiro atoms. The predicted molar refractivity (Wildman–Crippen MR) is 96.8 cm³/mol. The topological polar surface area (TPSA) is 67.7 Å². The number of carbonyl (C=O) groups excluding carboxylic acids is 2. The summed E-state index contributed by atoms with van der Waals surface area (Å²) < 4.78 is 6.61. The Morgan fingerprint density at radius 1 is 1.27 bits per heavy atom. The molecule has 1 atom stereocenters. The third-order valence-corrected chi connectivity index (χ3v) is 4.70. The average Bonchev–Trinajstić information content (AvgIpc) is 3.22. The van der Waals surface area contributed by atoms with Gasteiger partial charge in [-0.15, -0.1) is 0 Å². The summed E-state index contributed by atoms with van der Waals surface area (Å²) in [6.45, 7) is 1.05. The van der Waals surface area contributed by atoms with Gasteiger partial charge in [-0.05, 0) is 43.0 Å². The summed E-state index contributed by atoms with van der Waals surface area (Å²) >= 11 is 0. The molecule has 1 aromatic heterocycles. The third-order valence-electron chi connectivity index (χ3n) is 4.70. The van der Waals surface area contributed by atoms with Crippen LogP contribution >= 0.6 is 0 Å². The molecular formula is C19H24N4O3. The second-order valence-electron chi connectivity index (χ2n) is 6.49. The van der Waals surface area contributed by atoms with Crippen molar-refractivity contribution >= 4 is 12.0 Å². The Balaban J connectivity index is 1.65. The van der Waals surface area contributed by atoms with Gasteiger partial charge in [-0.2, -0.15) is 5.10 Å². The molecule has 0 aliphatic carbocycles. The largest absolute Gasteiger partial charge is 0.453 e. The monoisotopic (exact) mass is 356 g/mol. The Labute approximate surface area is 153 Å². The normalized spacial score (nSPS) is 17.0. The van der Waals surface area contributed by atoms with Gasteiger partial charge in [0.15, 0.2) is 0 Å². The number of likely N-dealkylation sites (N-methyl/N-ethyl adjacent to an activating group) is 1. The summed E-state index contributed by atoms with van der Waals surface area (Å²) in [7, 11) is 3.12. The highest BCUT2D eigenvalue weighted by molar-refractivity contribution is 5.85. The molecule has 0 bridgehead atoms. The Morgan fingerprint density at radius 3 is 2.69 bits per heavy atom. The zero-order chi connectivity index (χ0) is 18.5. The van der Waals surface area contributed by atoms with Crippen molar-refractivity contribution in [3.05, 3.63) is 48.3 Å². The van der Waals surface area contributed by atoms with Crippen molar-refractivity contribution < 1.29 is 14.3 Å². The lowest BCUT2D eigenvalue weighted by atomic mass is 10.0. The molecule has 1 aliphatic rings. The van der Waals surface area contributed by atoms with Gasteiger partial charge in [0.05, 0.1) is 12.8 Å². The fourth-order valence-electron chi connectivity index (χ4n) is 3.31. The third kappa shape index (κ3) is 3.87. The van der Waals surface area contributed by atoms with Gasteiger partial charge in [-0.1, -0.05) is 12.1 Å². The SMILES string of the molecule is COC(=O)N1CCCC[C@@H]1C(=O)N(C)Cc1ccc(-n2cccn2)cc1. The maximum absolute atomic E-state index is 12.8. The summed E-state index contributed by atoms with van der Waals surface area (Å²) in [5, 5.41) is 4.20. The van der Waals surface area contributed by atoms with Crippen molar-refractivity contribution in [1.82, 2.24) is 19.6 Å². The van der Waals surface area contributed by atoms with Crippen molar-refractivity contribution in [3.8, 4) is 5.69 Å². The molecule has 3 rings (SSSR count). The number of methoxy groups -OCH3 is 1.